The van der Waals surface area contributed by atoms with Gasteiger partial charge in [-0.15, -0.1) is 0 Å². The van der Waals surface area contributed by atoms with Gasteiger partial charge in [-0.1, -0.05) is 23.7 Å². The molecule has 1 aromatic carbocycles. The van der Waals surface area contributed by atoms with E-state index in [0.29, 0.717) is 11.1 Å². The van der Waals surface area contributed by atoms with E-state index in [-0.39, 0.29) is 0 Å². The van der Waals surface area contributed by atoms with Gasteiger partial charge in [0.05, 0.1) is 24.9 Å². The second-order valence-corrected chi connectivity index (χ2v) is 7.99. The minimum absolute atomic E-state index is 0.651. The summed E-state index contributed by atoms with van der Waals surface area (Å²) in [6.45, 7) is 6.55. The summed E-state index contributed by atoms with van der Waals surface area (Å²) in [6.07, 6.45) is 6.29. The molecule has 4 heterocycles. The molecule has 3 aliphatic rings. The van der Waals surface area contributed by atoms with E-state index in [2.05, 4.69) is 39.2 Å². The van der Waals surface area contributed by atoms with Gasteiger partial charge in [0.1, 0.15) is 5.75 Å². The zero-order chi connectivity index (χ0) is 17.9. The molecular weight excluding hydrogens is 348 g/mol. The molecule has 2 aromatic rings. The maximum atomic E-state index is 5.97. The van der Waals surface area contributed by atoms with Gasteiger partial charge in [0.25, 0.3) is 0 Å². The average molecular weight is 375 g/mol. The van der Waals surface area contributed by atoms with Crippen molar-refractivity contribution in [2.45, 2.75) is 32.0 Å². The third-order valence-electron chi connectivity index (χ3n) is 5.69. The first-order valence-corrected chi connectivity index (χ1v) is 9.84. The van der Waals surface area contributed by atoms with E-state index < -0.39 is 0 Å². The number of nitrogens with zero attached hydrogens (tertiary/aromatic N) is 4. The van der Waals surface area contributed by atoms with Gasteiger partial charge in [-0.3, -0.25) is 14.5 Å². The van der Waals surface area contributed by atoms with Crippen LogP contribution in [0.4, 0.5) is 0 Å². The zero-order valence-electron chi connectivity index (χ0n) is 15.4. The molecule has 6 heteroatoms. The molecule has 5 rings (SSSR count). The van der Waals surface area contributed by atoms with Gasteiger partial charge in [-0.25, -0.2) is 0 Å². The molecule has 0 aliphatic carbocycles. The van der Waals surface area contributed by atoms with Crippen molar-refractivity contribution in [3.8, 4) is 5.75 Å². The summed E-state index contributed by atoms with van der Waals surface area (Å²) < 4.78 is 7.22. The Hall–Kier alpha value is -1.56. The SMILES string of the molecule is COc1ccc(CN2C[C@H]3CC[C@@H](C2)N(CCn2cc(Cl)cn2)C3)cc1. The third kappa shape index (κ3) is 4.22. The van der Waals surface area contributed by atoms with Crippen LogP contribution in [0.1, 0.15) is 18.4 Å². The van der Waals surface area contributed by atoms with Crippen molar-refractivity contribution >= 4 is 11.6 Å². The highest BCUT2D eigenvalue weighted by Gasteiger charge is 2.34. The molecule has 2 atom stereocenters. The highest BCUT2D eigenvalue weighted by atomic mass is 35.5. The van der Waals surface area contributed by atoms with E-state index in [9.17, 15) is 0 Å². The molecule has 0 radical (unpaired) electrons. The fourth-order valence-corrected chi connectivity index (χ4v) is 4.52. The lowest BCUT2D eigenvalue weighted by Gasteiger charge is -2.36. The average Bonchev–Trinajstić information content (AvgIpc) is 2.88. The molecule has 0 amide bonds. The Morgan fingerprint density at radius 1 is 1.12 bits per heavy atom. The third-order valence-corrected chi connectivity index (χ3v) is 5.88. The minimum Gasteiger partial charge on any atom is -0.497 e. The van der Waals surface area contributed by atoms with Crippen molar-refractivity contribution < 1.29 is 4.74 Å². The van der Waals surface area contributed by atoms with Gasteiger partial charge >= 0.3 is 0 Å². The Balaban J connectivity index is 1.36. The monoisotopic (exact) mass is 374 g/mol. The number of methoxy groups -OCH3 is 1. The number of rotatable bonds is 6. The second kappa shape index (κ2) is 7.99. The van der Waals surface area contributed by atoms with Gasteiger partial charge in [-0.05, 0) is 36.5 Å². The summed E-state index contributed by atoms with van der Waals surface area (Å²) >= 11 is 5.97. The number of fused-ring (bicyclic) bond motifs is 4. The topological polar surface area (TPSA) is 33.5 Å². The molecular formula is C20H27ClN4O. The predicted molar refractivity (Wildman–Crippen MR) is 104 cm³/mol. The summed E-state index contributed by atoms with van der Waals surface area (Å²) in [5.41, 5.74) is 1.37. The number of hydrogen-bond donors (Lipinski definition) is 0. The number of benzene rings is 1. The molecule has 3 aliphatic heterocycles. The smallest absolute Gasteiger partial charge is 0.118 e. The zero-order valence-corrected chi connectivity index (χ0v) is 16.1. The normalized spacial score (nSPS) is 23.9. The summed E-state index contributed by atoms with van der Waals surface area (Å²) in [7, 11) is 1.72. The van der Waals surface area contributed by atoms with Crippen molar-refractivity contribution in [2.24, 2.45) is 5.92 Å². The van der Waals surface area contributed by atoms with Crippen LogP contribution in [0.2, 0.25) is 5.02 Å². The number of ether oxygens (including phenoxy) is 1. The van der Waals surface area contributed by atoms with Gasteiger partial charge in [0.15, 0.2) is 0 Å². The van der Waals surface area contributed by atoms with Crippen molar-refractivity contribution in [1.29, 1.82) is 0 Å². The van der Waals surface area contributed by atoms with Crippen LogP contribution in [-0.2, 0) is 13.1 Å². The van der Waals surface area contributed by atoms with Gasteiger partial charge in [0, 0.05) is 45.0 Å². The van der Waals surface area contributed by atoms with Gasteiger partial charge in [0.2, 0.25) is 0 Å². The van der Waals surface area contributed by atoms with Crippen LogP contribution in [-0.4, -0.2) is 58.9 Å². The van der Waals surface area contributed by atoms with Crippen LogP contribution in [0, 0.1) is 5.92 Å². The Bertz CT molecular complexity index is 717. The van der Waals surface area contributed by atoms with Crippen molar-refractivity contribution in [1.82, 2.24) is 19.6 Å². The van der Waals surface area contributed by atoms with Crippen molar-refractivity contribution in [3.05, 3.63) is 47.2 Å². The van der Waals surface area contributed by atoms with Crippen LogP contribution in [0.15, 0.2) is 36.7 Å². The van der Waals surface area contributed by atoms with Crippen LogP contribution in [0.5, 0.6) is 5.75 Å². The van der Waals surface area contributed by atoms with Crippen LogP contribution < -0.4 is 4.74 Å². The van der Waals surface area contributed by atoms with E-state index in [0.717, 1.165) is 37.8 Å². The van der Waals surface area contributed by atoms with Crippen molar-refractivity contribution in [3.63, 3.8) is 0 Å². The van der Waals surface area contributed by atoms with Gasteiger partial charge < -0.3 is 4.74 Å². The molecule has 140 valence electrons. The Labute approximate surface area is 160 Å². The maximum Gasteiger partial charge on any atom is 0.118 e. The van der Waals surface area contributed by atoms with Crippen LogP contribution in [0.25, 0.3) is 0 Å². The lowest BCUT2D eigenvalue weighted by Crippen LogP contribution is -2.45. The minimum atomic E-state index is 0.651. The summed E-state index contributed by atoms with van der Waals surface area (Å²) in [6, 6.07) is 9.14. The molecule has 3 fully saturated rings. The second-order valence-electron chi connectivity index (χ2n) is 7.56. The van der Waals surface area contributed by atoms with E-state index in [1.807, 2.05) is 10.9 Å². The Morgan fingerprint density at radius 3 is 2.69 bits per heavy atom. The predicted octanol–water partition coefficient (Wildman–Crippen LogP) is 3.14. The van der Waals surface area contributed by atoms with Crippen LogP contribution in [0.3, 0.4) is 0 Å². The lowest BCUT2D eigenvalue weighted by atomic mass is 9.95. The fraction of sp³-hybridized carbons (Fsp3) is 0.550. The number of halogens is 1. The maximum absolute atomic E-state index is 5.97. The molecule has 0 spiro atoms. The number of hydrogen-bond acceptors (Lipinski definition) is 4. The Morgan fingerprint density at radius 2 is 1.96 bits per heavy atom. The molecule has 0 N–H and O–H groups in total. The molecule has 1 aromatic heterocycles. The first-order valence-electron chi connectivity index (χ1n) is 9.47. The van der Waals surface area contributed by atoms with Gasteiger partial charge in [-0.2, -0.15) is 5.10 Å². The Kier molecular flexibility index (Phi) is 5.48. The number of aromatic nitrogens is 2. The van der Waals surface area contributed by atoms with Crippen LogP contribution >= 0.6 is 11.6 Å². The molecule has 2 bridgehead atoms. The van der Waals surface area contributed by atoms with E-state index >= 15 is 0 Å². The first-order chi connectivity index (χ1) is 12.7. The summed E-state index contributed by atoms with van der Waals surface area (Å²) in [5.74, 6) is 1.70. The van der Waals surface area contributed by atoms with E-state index in [1.165, 1.54) is 31.5 Å². The highest BCUT2D eigenvalue weighted by molar-refractivity contribution is 6.30. The summed E-state index contributed by atoms with van der Waals surface area (Å²) in [4.78, 5) is 5.30. The largest absolute Gasteiger partial charge is 0.497 e. The molecule has 26 heavy (non-hydrogen) atoms. The molecule has 0 unspecified atom stereocenters. The van der Waals surface area contributed by atoms with Crippen molar-refractivity contribution in [2.75, 3.05) is 33.3 Å². The van der Waals surface area contributed by atoms with E-state index in [1.54, 1.807) is 13.3 Å². The lowest BCUT2D eigenvalue weighted by molar-refractivity contribution is 0.124. The standard InChI is InChI=1S/C20H27ClN4O/c1-26-20-6-3-16(4-7-20)11-23-12-17-2-5-19(15-23)24(13-17)8-9-25-14-18(21)10-22-25/h3-4,6-7,10,14,17,19H,2,5,8-9,11-13,15H2,1H3/t17-,19+/m1/s1. The molecule has 5 nitrogen and oxygen atoms in total. The molecule has 3 saturated heterocycles. The highest BCUT2D eigenvalue weighted by Crippen LogP contribution is 2.29. The quantitative estimate of drug-likeness (QED) is 0.777. The number of piperidine rings is 1. The summed E-state index contributed by atoms with van der Waals surface area (Å²) in [5, 5.41) is 5.02. The molecule has 0 saturated carbocycles. The fourth-order valence-electron chi connectivity index (χ4n) is 4.36. The van der Waals surface area contributed by atoms with E-state index in [4.69, 9.17) is 16.3 Å². The first kappa shape index (κ1) is 17.8.